The van der Waals surface area contributed by atoms with Gasteiger partial charge < -0.3 is 18.9 Å². The van der Waals surface area contributed by atoms with E-state index >= 15 is 0 Å². The highest BCUT2D eigenvalue weighted by molar-refractivity contribution is 5.91. The Balaban J connectivity index is 1.44. The quantitative estimate of drug-likeness (QED) is 0.154. The van der Waals surface area contributed by atoms with Crippen molar-refractivity contribution in [2.75, 3.05) is 20.3 Å². The Morgan fingerprint density at radius 1 is 0.735 bits per heavy atom. The van der Waals surface area contributed by atoms with E-state index in [1.54, 1.807) is 50.4 Å². The van der Waals surface area contributed by atoms with Crippen LogP contribution in [0.1, 0.15) is 30.1 Å². The normalized spacial score (nSPS) is 10.3. The summed E-state index contributed by atoms with van der Waals surface area (Å²) in [7, 11) is 1.63. The van der Waals surface area contributed by atoms with E-state index in [0.717, 1.165) is 23.3 Å². The molecule has 176 valence electrons. The fraction of sp³-hybridized carbons (Fsp3) is 0.214. The van der Waals surface area contributed by atoms with Gasteiger partial charge in [-0.2, -0.15) is 0 Å². The van der Waals surface area contributed by atoms with Gasteiger partial charge in [-0.25, -0.2) is 9.59 Å². The summed E-state index contributed by atoms with van der Waals surface area (Å²) >= 11 is 0. The molecule has 0 heterocycles. The second kappa shape index (κ2) is 12.3. The molecule has 3 rings (SSSR count). The van der Waals surface area contributed by atoms with Gasteiger partial charge in [-0.1, -0.05) is 30.8 Å². The van der Waals surface area contributed by atoms with E-state index < -0.39 is 5.97 Å². The van der Waals surface area contributed by atoms with Gasteiger partial charge in [0.1, 0.15) is 17.2 Å². The molecule has 0 atom stereocenters. The van der Waals surface area contributed by atoms with Crippen molar-refractivity contribution < 1.29 is 28.5 Å². The molecular weight excluding hydrogens is 432 g/mol. The van der Waals surface area contributed by atoms with E-state index in [0.29, 0.717) is 42.3 Å². The molecule has 0 amide bonds. The van der Waals surface area contributed by atoms with Gasteiger partial charge in [0.15, 0.2) is 0 Å². The Morgan fingerprint density at radius 2 is 1.26 bits per heavy atom. The van der Waals surface area contributed by atoms with Gasteiger partial charge in [-0.3, -0.25) is 0 Å². The van der Waals surface area contributed by atoms with Crippen LogP contribution in [0.15, 0.2) is 84.9 Å². The third kappa shape index (κ3) is 7.24. The van der Waals surface area contributed by atoms with Gasteiger partial charge >= 0.3 is 11.9 Å². The molecule has 0 aliphatic rings. The van der Waals surface area contributed by atoms with Crippen molar-refractivity contribution in [3.8, 4) is 28.4 Å². The summed E-state index contributed by atoms with van der Waals surface area (Å²) in [5, 5.41) is 0. The number of methoxy groups -OCH3 is 1. The molecule has 0 aromatic heterocycles. The molecule has 0 saturated heterocycles. The van der Waals surface area contributed by atoms with Crippen molar-refractivity contribution in [2.24, 2.45) is 0 Å². The first kappa shape index (κ1) is 24.6. The predicted octanol–water partition coefficient (Wildman–Crippen LogP) is 5.86. The zero-order valence-corrected chi connectivity index (χ0v) is 19.4. The summed E-state index contributed by atoms with van der Waals surface area (Å²) < 4.78 is 21.3. The number of hydrogen-bond acceptors (Lipinski definition) is 6. The second-order valence-corrected chi connectivity index (χ2v) is 7.64. The van der Waals surface area contributed by atoms with Gasteiger partial charge in [0.05, 0.1) is 25.9 Å². The summed E-state index contributed by atoms with van der Waals surface area (Å²) in [5.74, 6) is 1.09. The average Bonchev–Trinajstić information content (AvgIpc) is 2.87. The molecule has 0 fully saturated rings. The first-order valence-corrected chi connectivity index (χ1v) is 11.0. The molecule has 34 heavy (non-hydrogen) atoms. The molecule has 6 nitrogen and oxygen atoms in total. The van der Waals surface area contributed by atoms with E-state index in [2.05, 4.69) is 6.58 Å². The second-order valence-electron chi connectivity index (χ2n) is 7.64. The zero-order chi connectivity index (χ0) is 24.3. The maximum Gasteiger partial charge on any atom is 0.343 e. The topological polar surface area (TPSA) is 71.1 Å². The molecule has 6 heteroatoms. The molecule has 0 aliphatic carbocycles. The fourth-order valence-electron chi connectivity index (χ4n) is 3.03. The summed E-state index contributed by atoms with van der Waals surface area (Å²) in [6.45, 7) is 5.98. The number of ether oxygens (including phenoxy) is 4. The Labute approximate surface area is 199 Å². The van der Waals surface area contributed by atoms with Crippen molar-refractivity contribution in [2.45, 2.75) is 19.8 Å². The lowest BCUT2D eigenvalue weighted by Gasteiger charge is -2.09. The maximum atomic E-state index is 12.5. The lowest BCUT2D eigenvalue weighted by atomic mass is 10.0. The minimum Gasteiger partial charge on any atom is -0.497 e. The number of esters is 2. The highest BCUT2D eigenvalue weighted by atomic mass is 16.5. The molecule has 0 N–H and O–H groups in total. The third-order valence-corrected chi connectivity index (χ3v) is 4.97. The monoisotopic (exact) mass is 460 g/mol. The van der Waals surface area contributed by atoms with E-state index in [-0.39, 0.29) is 5.97 Å². The third-order valence-electron chi connectivity index (χ3n) is 4.97. The van der Waals surface area contributed by atoms with Crippen LogP contribution < -0.4 is 14.2 Å². The summed E-state index contributed by atoms with van der Waals surface area (Å²) in [6.07, 6.45) is 1.44. The first-order chi connectivity index (χ1) is 16.5. The van der Waals surface area contributed by atoms with E-state index in [1.807, 2.05) is 36.4 Å². The molecule has 0 unspecified atom stereocenters. The zero-order valence-electron chi connectivity index (χ0n) is 19.4. The predicted molar refractivity (Wildman–Crippen MR) is 130 cm³/mol. The molecule has 3 aromatic carbocycles. The molecular formula is C28H28O6. The van der Waals surface area contributed by atoms with Crippen LogP contribution in [0.2, 0.25) is 0 Å². The van der Waals surface area contributed by atoms with Crippen molar-refractivity contribution >= 4 is 11.9 Å². The van der Waals surface area contributed by atoms with Crippen molar-refractivity contribution in [3.05, 3.63) is 90.5 Å². The minimum atomic E-state index is -0.431. The number of unbranched alkanes of at least 4 members (excludes halogenated alkanes) is 1. The summed E-state index contributed by atoms with van der Waals surface area (Å²) in [5.41, 5.74) is 2.88. The smallest absolute Gasteiger partial charge is 0.343 e. The first-order valence-electron chi connectivity index (χ1n) is 11.0. The molecule has 0 radical (unpaired) electrons. The van der Waals surface area contributed by atoms with Crippen LogP contribution in [-0.4, -0.2) is 32.3 Å². The van der Waals surface area contributed by atoms with Gasteiger partial charge in [-0.15, -0.1) is 0 Å². The van der Waals surface area contributed by atoms with Crippen molar-refractivity contribution in [1.82, 2.24) is 0 Å². The highest BCUT2D eigenvalue weighted by Gasteiger charge is 2.10. The molecule has 0 saturated carbocycles. The van der Waals surface area contributed by atoms with Crippen molar-refractivity contribution in [3.63, 3.8) is 0 Å². The Bertz CT molecular complexity index is 1100. The maximum absolute atomic E-state index is 12.5. The van der Waals surface area contributed by atoms with Crippen LogP contribution in [0, 0.1) is 0 Å². The summed E-state index contributed by atoms with van der Waals surface area (Å²) in [6, 6.07) is 21.8. The fourth-order valence-corrected chi connectivity index (χ4v) is 3.03. The van der Waals surface area contributed by atoms with Gasteiger partial charge in [0.25, 0.3) is 0 Å². The summed E-state index contributed by atoms with van der Waals surface area (Å²) in [4.78, 5) is 23.8. The Kier molecular flexibility index (Phi) is 8.86. The van der Waals surface area contributed by atoms with E-state index in [4.69, 9.17) is 18.9 Å². The Hall–Kier alpha value is -4.06. The largest absolute Gasteiger partial charge is 0.497 e. The molecule has 3 aromatic rings. The van der Waals surface area contributed by atoms with Crippen LogP contribution >= 0.6 is 0 Å². The van der Waals surface area contributed by atoms with Crippen molar-refractivity contribution in [1.29, 1.82) is 0 Å². The van der Waals surface area contributed by atoms with E-state index in [9.17, 15) is 9.59 Å². The van der Waals surface area contributed by atoms with Crippen LogP contribution in [0.3, 0.4) is 0 Å². The van der Waals surface area contributed by atoms with Gasteiger partial charge in [0.2, 0.25) is 0 Å². The lowest BCUT2D eigenvalue weighted by molar-refractivity contribution is -0.139. The number of benzene rings is 3. The van der Waals surface area contributed by atoms with E-state index in [1.165, 1.54) is 0 Å². The SMILES string of the molecule is C=C(C)C(=O)OCCCCOc1ccc(OC(=O)c2ccc(-c3ccc(OC)cc3)cc2)cc1. The minimum absolute atomic E-state index is 0.338. The lowest BCUT2D eigenvalue weighted by Crippen LogP contribution is -2.08. The Morgan fingerprint density at radius 3 is 1.85 bits per heavy atom. The van der Waals surface area contributed by atoms with Crippen LogP contribution in [-0.2, 0) is 9.53 Å². The van der Waals surface area contributed by atoms with Crippen LogP contribution in [0.4, 0.5) is 0 Å². The van der Waals surface area contributed by atoms with Gasteiger partial charge in [0, 0.05) is 5.57 Å². The molecule has 0 aliphatic heterocycles. The van der Waals surface area contributed by atoms with Crippen LogP contribution in [0.25, 0.3) is 11.1 Å². The van der Waals surface area contributed by atoms with Gasteiger partial charge in [-0.05, 0) is 79.4 Å². The molecule has 0 bridgehead atoms. The number of carbonyl (C=O) groups excluding carboxylic acids is 2. The number of hydrogen-bond donors (Lipinski definition) is 0. The number of carbonyl (C=O) groups is 2. The standard InChI is InChI=1S/C28H28O6/c1-20(2)27(29)33-19-5-4-18-32-25-14-16-26(17-15-25)34-28(30)23-8-6-21(7-9-23)22-10-12-24(31-3)13-11-22/h6-17H,1,4-5,18-19H2,2-3H3. The molecule has 0 spiro atoms. The average molecular weight is 461 g/mol. The highest BCUT2D eigenvalue weighted by Crippen LogP contribution is 2.24. The van der Waals surface area contributed by atoms with Crippen LogP contribution in [0.5, 0.6) is 17.2 Å². The number of rotatable bonds is 11.